The fourth-order valence-corrected chi connectivity index (χ4v) is 15.6. The number of rotatable bonds is 11. The van der Waals surface area contributed by atoms with Crippen LogP contribution in [0.2, 0.25) is 0 Å². The molecule has 22 heteroatoms. The topological polar surface area (TPSA) is 335 Å². The van der Waals surface area contributed by atoms with E-state index in [0.717, 1.165) is 32.1 Å². The van der Waals surface area contributed by atoms with E-state index < -0.39 is 147 Å². The van der Waals surface area contributed by atoms with Gasteiger partial charge in [0.1, 0.15) is 85.5 Å². The molecule has 6 heterocycles. The van der Waals surface area contributed by atoms with E-state index in [1.807, 2.05) is 6.92 Å². The number of aliphatic hydroxyl groups is 12. The molecule has 6 aliphatic heterocycles. The Bertz CT molecular complexity index is 1970. The SMILES string of the molecule is CC1OC(OC2C(OC3C(CO)OC(OC4CCC5(C)C(=CCC6C5CCC5(C)C6CC6OC7(CCC(C)(COC8OC(CO)C(O)C(O)C8O)O7)C(C)C65)C4)C(O)C3O)OC(C)C(O)C2O)C(O)C(O)C1O. The average molecular weight is 1050 g/mol. The monoisotopic (exact) mass is 1050 g/mol. The fraction of sp³-hybridized carbons (Fsp3) is 0.961. The lowest BCUT2D eigenvalue weighted by Gasteiger charge is -2.58. The van der Waals surface area contributed by atoms with E-state index in [0.29, 0.717) is 43.4 Å². The van der Waals surface area contributed by atoms with Crippen molar-refractivity contribution in [3.63, 3.8) is 0 Å². The van der Waals surface area contributed by atoms with Crippen molar-refractivity contribution in [2.24, 2.45) is 40.4 Å². The van der Waals surface area contributed by atoms with E-state index in [2.05, 4.69) is 26.8 Å². The summed E-state index contributed by atoms with van der Waals surface area (Å²) < 4.78 is 61.5. The zero-order chi connectivity index (χ0) is 52.4. The summed E-state index contributed by atoms with van der Waals surface area (Å²) in [6.07, 6.45) is -19.5. The molecule has 0 aromatic heterocycles. The van der Waals surface area contributed by atoms with Crippen LogP contribution >= 0.6 is 0 Å². The number of fused-ring (bicyclic) bond motifs is 7. The molecule has 3 saturated carbocycles. The first-order chi connectivity index (χ1) is 34.5. The Morgan fingerprint density at radius 1 is 0.589 bits per heavy atom. The highest BCUT2D eigenvalue weighted by Crippen LogP contribution is 2.71. The van der Waals surface area contributed by atoms with Crippen molar-refractivity contribution in [2.75, 3.05) is 19.8 Å². The lowest BCUT2D eigenvalue weighted by Crippen LogP contribution is -2.66. The molecular weight excluding hydrogens is 965 g/mol. The molecule has 73 heavy (non-hydrogen) atoms. The van der Waals surface area contributed by atoms with Crippen LogP contribution in [0.1, 0.15) is 99.3 Å². The molecule has 0 aromatic rings. The van der Waals surface area contributed by atoms with Gasteiger partial charge in [-0.2, -0.15) is 0 Å². The predicted octanol–water partition coefficient (Wildman–Crippen LogP) is -1.82. The van der Waals surface area contributed by atoms with Crippen LogP contribution in [0.25, 0.3) is 0 Å². The van der Waals surface area contributed by atoms with Gasteiger partial charge in [0.2, 0.25) is 0 Å². The Kier molecular flexibility index (Phi) is 15.5. The minimum Gasteiger partial charge on any atom is -0.394 e. The van der Waals surface area contributed by atoms with Crippen molar-refractivity contribution in [1.29, 1.82) is 0 Å². The minimum absolute atomic E-state index is 0.0257. The highest BCUT2D eigenvalue weighted by Gasteiger charge is 2.70. The van der Waals surface area contributed by atoms with E-state index >= 15 is 0 Å². The Morgan fingerprint density at radius 3 is 1.90 bits per heavy atom. The van der Waals surface area contributed by atoms with Gasteiger partial charge in [0, 0.05) is 12.3 Å². The maximum atomic E-state index is 11.6. The van der Waals surface area contributed by atoms with Gasteiger partial charge in [-0.25, -0.2) is 0 Å². The molecule has 9 fully saturated rings. The number of hydrogen-bond donors (Lipinski definition) is 12. The van der Waals surface area contributed by atoms with Crippen molar-refractivity contribution in [2.45, 2.75) is 246 Å². The van der Waals surface area contributed by atoms with Crippen molar-refractivity contribution < 1.29 is 109 Å². The quantitative estimate of drug-likeness (QED) is 0.101. The second-order valence-corrected chi connectivity index (χ2v) is 24.2. The van der Waals surface area contributed by atoms with Crippen molar-refractivity contribution in [3.05, 3.63) is 11.6 Å². The van der Waals surface area contributed by atoms with Gasteiger partial charge in [-0.3, -0.25) is 0 Å². The van der Waals surface area contributed by atoms with E-state index in [-0.39, 0.29) is 41.5 Å². The van der Waals surface area contributed by atoms with Crippen LogP contribution in [-0.2, 0) is 47.4 Å². The Labute approximate surface area is 425 Å². The van der Waals surface area contributed by atoms with Crippen LogP contribution in [0.4, 0.5) is 0 Å². The average Bonchev–Trinajstić information content (AvgIpc) is 3.97. The second kappa shape index (κ2) is 20.5. The molecule has 6 saturated heterocycles. The number of hydrogen-bond acceptors (Lipinski definition) is 22. The van der Waals surface area contributed by atoms with E-state index in [1.165, 1.54) is 19.4 Å². The summed E-state index contributed by atoms with van der Waals surface area (Å²) in [4.78, 5) is 0. The summed E-state index contributed by atoms with van der Waals surface area (Å²) in [5.41, 5.74) is 0.500. The molecule has 31 atom stereocenters. The smallest absolute Gasteiger partial charge is 0.187 e. The van der Waals surface area contributed by atoms with E-state index in [1.54, 1.807) is 0 Å². The zero-order valence-electron chi connectivity index (χ0n) is 42.6. The molecule has 31 unspecified atom stereocenters. The molecule has 4 aliphatic carbocycles. The van der Waals surface area contributed by atoms with Crippen LogP contribution in [0.15, 0.2) is 11.6 Å². The summed E-state index contributed by atoms with van der Waals surface area (Å²) in [7, 11) is 0. The molecule has 10 rings (SSSR count). The molecule has 22 nitrogen and oxygen atoms in total. The molecule has 12 N–H and O–H groups in total. The summed E-state index contributed by atoms with van der Waals surface area (Å²) in [6, 6.07) is 0. The van der Waals surface area contributed by atoms with Crippen molar-refractivity contribution >= 4 is 0 Å². The van der Waals surface area contributed by atoms with Gasteiger partial charge in [0.25, 0.3) is 0 Å². The third-order valence-electron chi connectivity index (χ3n) is 19.9. The second-order valence-electron chi connectivity index (χ2n) is 24.2. The fourth-order valence-electron chi connectivity index (χ4n) is 15.6. The molecule has 0 radical (unpaired) electrons. The van der Waals surface area contributed by atoms with Crippen LogP contribution in [0.3, 0.4) is 0 Å². The highest BCUT2D eigenvalue weighted by molar-refractivity contribution is 5.27. The summed E-state index contributed by atoms with van der Waals surface area (Å²) in [6.45, 7) is 10.8. The standard InChI is InChI=1S/C51H82O22/c1-20-31-28(72-51(20)14-13-48(4,73-51)19-64-44-39(61)36(58)34(56)29(17-52)68-44)16-27-25-8-7-23-15-24(9-11-49(23,5)26(25)10-12-50(27,31)6)67-46-41(63)38(60)42(30(18-53)69-46)70-47-43(37(59)33(55)22(3)66-47)71-45-40(62)35(57)32(54)21(2)65-45/h7,20-22,24-47,52-63H,8-19H2,1-6H3. The maximum absolute atomic E-state index is 11.6. The minimum atomic E-state index is -1.76. The van der Waals surface area contributed by atoms with Gasteiger partial charge in [0.15, 0.2) is 30.9 Å². The highest BCUT2D eigenvalue weighted by atomic mass is 16.8. The third-order valence-corrected chi connectivity index (χ3v) is 19.9. The van der Waals surface area contributed by atoms with Crippen molar-refractivity contribution in [3.8, 4) is 0 Å². The first-order valence-electron chi connectivity index (χ1n) is 26.8. The van der Waals surface area contributed by atoms with Gasteiger partial charge in [0.05, 0.1) is 49.8 Å². The maximum Gasteiger partial charge on any atom is 0.187 e. The van der Waals surface area contributed by atoms with Gasteiger partial charge >= 0.3 is 0 Å². The summed E-state index contributed by atoms with van der Waals surface area (Å²) in [5, 5.41) is 127. The molecule has 418 valence electrons. The lowest BCUT2D eigenvalue weighted by atomic mass is 9.47. The third kappa shape index (κ3) is 9.32. The first kappa shape index (κ1) is 55.2. The number of ether oxygens (including phenoxy) is 10. The molecule has 0 aromatic carbocycles. The Hall–Kier alpha value is -1.14. The molecule has 1 spiro atoms. The van der Waals surface area contributed by atoms with E-state index in [9.17, 15) is 61.3 Å². The predicted molar refractivity (Wildman–Crippen MR) is 247 cm³/mol. The van der Waals surface area contributed by atoms with Crippen LogP contribution in [0.5, 0.6) is 0 Å². The van der Waals surface area contributed by atoms with Gasteiger partial charge < -0.3 is 109 Å². The molecular formula is C51H82O22. The largest absolute Gasteiger partial charge is 0.394 e. The van der Waals surface area contributed by atoms with Crippen LogP contribution in [-0.4, -0.2) is 228 Å². The molecule has 0 amide bonds. The summed E-state index contributed by atoms with van der Waals surface area (Å²) in [5.74, 6) is 0.936. The Morgan fingerprint density at radius 2 is 1.19 bits per heavy atom. The number of aliphatic hydroxyl groups excluding tert-OH is 12. The van der Waals surface area contributed by atoms with Crippen LogP contribution < -0.4 is 0 Å². The first-order valence-corrected chi connectivity index (χ1v) is 26.8. The van der Waals surface area contributed by atoms with Gasteiger partial charge in [-0.05, 0) is 107 Å². The Balaban J connectivity index is 0.756. The van der Waals surface area contributed by atoms with Gasteiger partial charge in [-0.1, -0.05) is 32.4 Å². The normalized spacial score (nSPS) is 58.0. The lowest BCUT2D eigenvalue weighted by molar-refractivity contribution is -0.386. The summed E-state index contributed by atoms with van der Waals surface area (Å²) >= 11 is 0. The van der Waals surface area contributed by atoms with Crippen LogP contribution in [0, 0.1) is 40.4 Å². The van der Waals surface area contributed by atoms with Crippen molar-refractivity contribution in [1.82, 2.24) is 0 Å². The van der Waals surface area contributed by atoms with E-state index in [4.69, 9.17) is 47.4 Å². The van der Waals surface area contributed by atoms with Gasteiger partial charge in [-0.15, -0.1) is 0 Å². The molecule has 0 bridgehead atoms. The molecule has 10 aliphatic rings. The zero-order valence-corrected chi connectivity index (χ0v) is 42.6. The number of allylic oxidation sites excluding steroid dienone is 1.